The highest BCUT2D eigenvalue weighted by Crippen LogP contribution is 2.54. The fraction of sp³-hybridized carbons (Fsp3) is 0.938. The van der Waals surface area contributed by atoms with Gasteiger partial charge in [0.15, 0.2) is 0 Å². The highest BCUT2D eigenvalue weighted by Gasteiger charge is 2.51. The van der Waals surface area contributed by atoms with E-state index >= 15 is 0 Å². The van der Waals surface area contributed by atoms with E-state index in [1.165, 1.54) is 0 Å². The third-order valence-electron chi connectivity index (χ3n) is 4.43. The molecule has 1 saturated carbocycles. The number of carbonyl (C=O) groups is 1. The molecule has 0 aromatic heterocycles. The summed E-state index contributed by atoms with van der Waals surface area (Å²) in [5, 5.41) is 9.21. The van der Waals surface area contributed by atoms with E-state index in [0.717, 1.165) is 25.7 Å². The van der Waals surface area contributed by atoms with Crippen molar-refractivity contribution < 1.29 is 19.4 Å². The second-order valence-corrected chi connectivity index (χ2v) is 7.94. The fourth-order valence-corrected chi connectivity index (χ4v) is 3.18. The van der Waals surface area contributed by atoms with Crippen LogP contribution in [0.3, 0.4) is 0 Å². The van der Waals surface area contributed by atoms with Gasteiger partial charge in [0.05, 0.1) is 12.6 Å². The van der Waals surface area contributed by atoms with Gasteiger partial charge < -0.3 is 14.6 Å². The Morgan fingerprint density at radius 3 is 2.48 bits per heavy atom. The molecule has 0 bridgehead atoms. The summed E-state index contributed by atoms with van der Waals surface area (Å²) in [5.41, 5.74) is -0.950. The molecular formula is C16H29NO4. The maximum Gasteiger partial charge on any atom is 0.412 e. The van der Waals surface area contributed by atoms with Gasteiger partial charge in [-0.05, 0) is 65.7 Å². The van der Waals surface area contributed by atoms with Gasteiger partial charge in [-0.25, -0.2) is 4.79 Å². The molecular weight excluding hydrogens is 270 g/mol. The van der Waals surface area contributed by atoms with Gasteiger partial charge >= 0.3 is 6.09 Å². The van der Waals surface area contributed by atoms with Gasteiger partial charge in [-0.15, -0.1) is 0 Å². The second kappa shape index (κ2) is 5.43. The number of nitrogens with zero attached hydrogens (tertiary/aromatic N) is 1. The van der Waals surface area contributed by atoms with Gasteiger partial charge in [0, 0.05) is 6.61 Å². The maximum absolute atomic E-state index is 12.5. The van der Waals surface area contributed by atoms with Crippen molar-refractivity contribution in [1.29, 1.82) is 0 Å². The van der Waals surface area contributed by atoms with Crippen molar-refractivity contribution in [2.75, 3.05) is 13.2 Å². The molecule has 0 aromatic carbocycles. The average Bonchev–Trinajstić information content (AvgIpc) is 2.96. The van der Waals surface area contributed by atoms with E-state index < -0.39 is 11.3 Å². The molecule has 0 spiro atoms. The minimum Gasteiger partial charge on any atom is -0.444 e. The van der Waals surface area contributed by atoms with Crippen LogP contribution in [0.2, 0.25) is 0 Å². The van der Waals surface area contributed by atoms with E-state index in [2.05, 4.69) is 0 Å². The highest BCUT2D eigenvalue weighted by molar-refractivity contribution is 5.69. The van der Waals surface area contributed by atoms with Crippen LogP contribution in [0.5, 0.6) is 0 Å². The summed E-state index contributed by atoms with van der Waals surface area (Å²) in [7, 11) is 0. The normalized spacial score (nSPS) is 26.8. The summed E-state index contributed by atoms with van der Waals surface area (Å²) in [4.78, 5) is 14.3. The predicted octanol–water partition coefficient (Wildman–Crippen LogP) is 2.91. The van der Waals surface area contributed by atoms with Gasteiger partial charge in [0.1, 0.15) is 11.3 Å². The molecule has 1 aliphatic heterocycles. The summed E-state index contributed by atoms with van der Waals surface area (Å²) in [6.45, 7) is 10.2. The average molecular weight is 299 g/mol. The SMILES string of the molecule is CC(C)(C)OC(=O)N1[C@@H](CC2(CCO)CC2)COC1(C)C. The molecule has 2 fully saturated rings. The summed E-state index contributed by atoms with van der Waals surface area (Å²) >= 11 is 0. The van der Waals surface area contributed by atoms with Crippen molar-refractivity contribution in [1.82, 2.24) is 4.90 Å². The van der Waals surface area contributed by atoms with E-state index in [1.807, 2.05) is 34.6 Å². The summed E-state index contributed by atoms with van der Waals surface area (Å²) in [6, 6.07) is 0.0314. The summed E-state index contributed by atoms with van der Waals surface area (Å²) in [6.07, 6.45) is 3.65. The van der Waals surface area contributed by atoms with E-state index in [0.29, 0.717) is 6.61 Å². The van der Waals surface area contributed by atoms with Crippen molar-refractivity contribution in [2.45, 2.75) is 77.7 Å². The molecule has 1 amide bonds. The predicted molar refractivity (Wildman–Crippen MR) is 79.9 cm³/mol. The van der Waals surface area contributed by atoms with Crippen molar-refractivity contribution in [3.05, 3.63) is 0 Å². The molecule has 2 rings (SSSR count). The van der Waals surface area contributed by atoms with Crippen LogP contribution in [0.1, 0.15) is 60.3 Å². The van der Waals surface area contributed by atoms with Crippen LogP contribution in [-0.4, -0.2) is 46.7 Å². The zero-order valence-electron chi connectivity index (χ0n) is 13.9. The molecule has 1 saturated heterocycles. The Balaban J connectivity index is 2.08. The van der Waals surface area contributed by atoms with Crippen LogP contribution < -0.4 is 0 Å². The monoisotopic (exact) mass is 299 g/mol. The Bertz CT molecular complexity index is 396. The molecule has 0 aromatic rings. The lowest BCUT2D eigenvalue weighted by Crippen LogP contribution is -2.50. The maximum atomic E-state index is 12.5. The van der Waals surface area contributed by atoms with E-state index in [9.17, 15) is 9.90 Å². The molecule has 1 atom stereocenters. The zero-order valence-corrected chi connectivity index (χ0v) is 13.9. The molecule has 0 radical (unpaired) electrons. The van der Waals surface area contributed by atoms with E-state index in [1.54, 1.807) is 4.90 Å². The summed E-state index contributed by atoms with van der Waals surface area (Å²) in [5.74, 6) is 0. The topological polar surface area (TPSA) is 59.0 Å². The van der Waals surface area contributed by atoms with Crippen LogP contribution in [0, 0.1) is 5.41 Å². The molecule has 5 nitrogen and oxygen atoms in total. The molecule has 1 heterocycles. The number of aliphatic hydroxyl groups excluding tert-OH is 1. The smallest absolute Gasteiger partial charge is 0.412 e. The van der Waals surface area contributed by atoms with Crippen molar-refractivity contribution in [3.8, 4) is 0 Å². The van der Waals surface area contributed by atoms with Gasteiger partial charge in [-0.3, -0.25) is 4.90 Å². The van der Waals surface area contributed by atoms with Crippen molar-refractivity contribution in [3.63, 3.8) is 0 Å². The Hall–Kier alpha value is -0.810. The second-order valence-electron chi connectivity index (χ2n) is 7.94. The van der Waals surface area contributed by atoms with Crippen LogP contribution in [-0.2, 0) is 9.47 Å². The number of amides is 1. The number of rotatable bonds is 4. The quantitative estimate of drug-likeness (QED) is 0.867. The standard InChI is InChI=1S/C16H29NO4/c1-14(2,3)21-13(19)17-12(11-20-15(17,4)5)10-16(6-7-16)8-9-18/h12,18H,6-11H2,1-5H3/t12-/m0/s1. The van der Waals surface area contributed by atoms with Crippen molar-refractivity contribution in [2.24, 2.45) is 5.41 Å². The highest BCUT2D eigenvalue weighted by atomic mass is 16.6. The minimum absolute atomic E-state index is 0.0314. The van der Waals surface area contributed by atoms with Crippen molar-refractivity contribution >= 4 is 6.09 Å². The molecule has 0 unspecified atom stereocenters. The first kappa shape index (κ1) is 16.6. The first-order valence-corrected chi connectivity index (χ1v) is 7.86. The Morgan fingerprint density at radius 2 is 2.00 bits per heavy atom. The number of hydrogen-bond acceptors (Lipinski definition) is 4. The number of hydrogen-bond donors (Lipinski definition) is 1. The largest absolute Gasteiger partial charge is 0.444 e. The zero-order chi connectivity index (χ0) is 15.9. The third-order valence-corrected chi connectivity index (χ3v) is 4.43. The van der Waals surface area contributed by atoms with E-state index in [-0.39, 0.29) is 24.2 Å². The molecule has 2 aliphatic rings. The lowest BCUT2D eigenvalue weighted by Gasteiger charge is -2.36. The minimum atomic E-state index is -0.637. The third kappa shape index (κ3) is 3.89. The van der Waals surface area contributed by atoms with Gasteiger partial charge in [-0.1, -0.05) is 0 Å². The van der Waals surface area contributed by atoms with Crippen LogP contribution in [0.15, 0.2) is 0 Å². The molecule has 1 N–H and O–H groups in total. The molecule has 21 heavy (non-hydrogen) atoms. The van der Waals surface area contributed by atoms with Gasteiger partial charge in [-0.2, -0.15) is 0 Å². The number of carbonyl (C=O) groups excluding carboxylic acids is 1. The lowest BCUT2D eigenvalue weighted by molar-refractivity contribution is -0.0632. The van der Waals surface area contributed by atoms with Crippen LogP contribution in [0.4, 0.5) is 4.79 Å². The number of ether oxygens (including phenoxy) is 2. The Morgan fingerprint density at radius 1 is 1.38 bits per heavy atom. The summed E-state index contributed by atoms with van der Waals surface area (Å²) < 4.78 is 11.4. The lowest BCUT2D eigenvalue weighted by atomic mass is 9.93. The van der Waals surface area contributed by atoms with Crippen LogP contribution >= 0.6 is 0 Å². The molecule has 1 aliphatic carbocycles. The number of aliphatic hydroxyl groups is 1. The fourth-order valence-electron chi connectivity index (χ4n) is 3.18. The Kier molecular flexibility index (Phi) is 4.28. The van der Waals surface area contributed by atoms with E-state index in [4.69, 9.17) is 9.47 Å². The van der Waals surface area contributed by atoms with Gasteiger partial charge in [0.25, 0.3) is 0 Å². The Labute approximate surface area is 127 Å². The molecule has 5 heteroatoms. The van der Waals surface area contributed by atoms with Crippen LogP contribution in [0.25, 0.3) is 0 Å². The first-order valence-electron chi connectivity index (χ1n) is 7.86. The molecule has 122 valence electrons. The van der Waals surface area contributed by atoms with Gasteiger partial charge in [0.2, 0.25) is 0 Å². The first-order chi connectivity index (χ1) is 9.59.